The second-order valence-electron chi connectivity index (χ2n) is 4.04. The molecule has 1 atom stereocenters. The van der Waals surface area contributed by atoms with Crippen LogP contribution in [-0.4, -0.2) is 7.11 Å². The minimum absolute atomic E-state index is 0.0842. The Bertz CT molecular complexity index is 347. The minimum atomic E-state index is 0.0842. The molecule has 1 aliphatic rings. The van der Waals surface area contributed by atoms with Gasteiger partial charge in [-0.3, -0.25) is 0 Å². The molecule has 0 heterocycles. The fraction of sp³-hybridized carbons (Fsp3) is 0.500. The van der Waals surface area contributed by atoms with Gasteiger partial charge in [0.05, 0.1) is 17.5 Å². The van der Waals surface area contributed by atoms with Crippen LogP contribution in [-0.2, 0) is 0 Å². The van der Waals surface area contributed by atoms with Gasteiger partial charge >= 0.3 is 0 Å². The number of rotatable bonds is 4. The number of methoxy groups -OCH3 is 1. The fourth-order valence-electron chi connectivity index (χ4n) is 1.66. The molecule has 1 aromatic carbocycles. The Morgan fingerprint density at radius 2 is 2.20 bits per heavy atom. The van der Waals surface area contributed by atoms with Crippen LogP contribution in [0.4, 0.5) is 0 Å². The van der Waals surface area contributed by atoms with Gasteiger partial charge in [0.2, 0.25) is 0 Å². The van der Waals surface area contributed by atoms with Gasteiger partial charge < -0.3 is 4.74 Å². The molecule has 0 spiro atoms. The molecule has 1 nitrogen and oxygen atoms in total. The Hall–Kier alpha value is -0.400. The van der Waals surface area contributed by atoms with E-state index >= 15 is 0 Å². The molecule has 82 valence electrons. The average molecular weight is 245 g/mol. The van der Waals surface area contributed by atoms with E-state index in [0.29, 0.717) is 10.8 Å². The van der Waals surface area contributed by atoms with Crippen LogP contribution in [0.15, 0.2) is 18.2 Å². The van der Waals surface area contributed by atoms with E-state index in [-0.39, 0.29) is 5.38 Å². The maximum atomic E-state index is 6.31. The Labute approximate surface area is 100 Å². The molecule has 1 saturated carbocycles. The van der Waals surface area contributed by atoms with Crippen molar-refractivity contribution in [3.05, 3.63) is 28.8 Å². The van der Waals surface area contributed by atoms with Gasteiger partial charge in [-0.2, -0.15) is 0 Å². The lowest BCUT2D eigenvalue weighted by Crippen LogP contribution is -1.93. The molecule has 0 amide bonds. The van der Waals surface area contributed by atoms with Gasteiger partial charge in [0.25, 0.3) is 0 Å². The average Bonchev–Trinajstić information content (AvgIpc) is 3.01. The van der Waals surface area contributed by atoms with Gasteiger partial charge in [-0.25, -0.2) is 0 Å². The van der Waals surface area contributed by atoms with Crippen molar-refractivity contribution < 1.29 is 4.74 Å². The second kappa shape index (κ2) is 4.63. The molecule has 1 fully saturated rings. The highest BCUT2D eigenvalue weighted by atomic mass is 35.5. The summed E-state index contributed by atoms with van der Waals surface area (Å²) in [6, 6.07) is 5.77. The number of ether oxygens (including phenoxy) is 1. The van der Waals surface area contributed by atoms with Crippen molar-refractivity contribution in [2.24, 2.45) is 5.92 Å². The molecule has 0 bridgehead atoms. The first-order valence-corrected chi connectivity index (χ1v) is 5.99. The highest BCUT2D eigenvalue weighted by molar-refractivity contribution is 6.32. The minimum Gasteiger partial charge on any atom is -0.495 e. The Kier molecular flexibility index (Phi) is 3.42. The first-order valence-electron chi connectivity index (χ1n) is 5.18. The van der Waals surface area contributed by atoms with Crippen LogP contribution in [0.5, 0.6) is 5.75 Å². The van der Waals surface area contributed by atoms with E-state index in [2.05, 4.69) is 0 Å². The van der Waals surface area contributed by atoms with Crippen LogP contribution in [0.1, 0.15) is 30.2 Å². The SMILES string of the molecule is COc1ccc(C(Cl)CC2CC2)cc1Cl. The van der Waals surface area contributed by atoms with Crippen LogP contribution in [0, 0.1) is 5.92 Å². The zero-order chi connectivity index (χ0) is 10.8. The highest BCUT2D eigenvalue weighted by Gasteiger charge is 2.25. The molecule has 1 aliphatic carbocycles. The van der Waals surface area contributed by atoms with E-state index in [0.717, 1.165) is 17.9 Å². The first-order chi connectivity index (χ1) is 7.20. The molecule has 1 unspecified atom stereocenters. The Balaban J connectivity index is 2.09. The van der Waals surface area contributed by atoms with E-state index in [9.17, 15) is 0 Å². The molecule has 0 aromatic heterocycles. The third-order valence-electron chi connectivity index (χ3n) is 2.77. The number of hydrogen-bond donors (Lipinski definition) is 0. The summed E-state index contributed by atoms with van der Waals surface area (Å²) in [6.07, 6.45) is 3.71. The Morgan fingerprint density at radius 1 is 1.47 bits per heavy atom. The second-order valence-corrected chi connectivity index (χ2v) is 4.97. The van der Waals surface area contributed by atoms with Crippen molar-refractivity contribution in [1.82, 2.24) is 0 Å². The lowest BCUT2D eigenvalue weighted by Gasteiger charge is -2.11. The molecule has 2 rings (SSSR count). The van der Waals surface area contributed by atoms with Crippen LogP contribution in [0.25, 0.3) is 0 Å². The van der Waals surface area contributed by atoms with Crippen molar-refractivity contribution in [2.75, 3.05) is 7.11 Å². The van der Waals surface area contributed by atoms with Gasteiger partial charge in [-0.05, 0) is 30.0 Å². The molecule has 0 N–H and O–H groups in total. The van der Waals surface area contributed by atoms with Gasteiger partial charge in [-0.15, -0.1) is 11.6 Å². The first kappa shape index (κ1) is 11.1. The summed E-state index contributed by atoms with van der Waals surface area (Å²) in [6.45, 7) is 0. The molecule has 3 heteroatoms. The van der Waals surface area contributed by atoms with Gasteiger partial charge in [0.15, 0.2) is 0 Å². The lowest BCUT2D eigenvalue weighted by atomic mass is 10.1. The monoisotopic (exact) mass is 244 g/mol. The smallest absolute Gasteiger partial charge is 0.137 e. The van der Waals surface area contributed by atoms with Crippen molar-refractivity contribution in [3.8, 4) is 5.75 Å². The molecule has 1 aromatic rings. The van der Waals surface area contributed by atoms with Crippen LogP contribution < -0.4 is 4.74 Å². The summed E-state index contributed by atoms with van der Waals surface area (Å²) in [5.41, 5.74) is 1.09. The fourth-order valence-corrected chi connectivity index (χ4v) is 2.31. The van der Waals surface area contributed by atoms with E-state index in [1.807, 2.05) is 18.2 Å². The van der Waals surface area contributed by atoms with E-state index < -0.39 is 0 Å². The van der Waals surface area contributed by atoms with E-state index in [1.165, 1.54) is 12.8 Å². The predicted octanol–water partition coefficient (Wildman–Crippen LogP) is 4.43. The molecular formula is C12H14Cl2O. The quantitative estimate of drug-likeness (QED) is 0.713. The summed E-state index contributed by atoms with van der Waals surface area (Å²) < 4.78 is 5.10. The maximum absolute atomic E-state index is 6.31. The molecule has 15 heavy (non-hydrogen) atoms. The predicted molar refractivity (Wildman–Crippen MR) is 63.9 cm³/mol. The van der Waals surface area contributed by atoms with Crippen LogP contribution >= 0.6 is 23.2 Å². The maximum Gasteiger partial charge on any atom is 0.137 e. The summed E-state index contributed by atoms with van der Waals surface area (Å²) in [5.74, 6) is 1.53. The normalized spacial score (nSPS) is 17.5. The summed E-state index contributed by atoms with van der Waals surface area (Å²) >= 11 is 12.4. The zero-order valence-electron chi connectivity index (χ0n) is 8.67. The Morgan fingerprint density at radius 3 is 2.73 bits per heavy atom. The molecule has 0 saturated heterocycles. The number of benzene rings is 1. The van der Waals surface area contributed by atoms with Gasteiger partial charge in [0.1, 0.15) is 5.75 Å². The van der Waals surface area contributed by atoms with Crippen molar-refractivity contribution in [3.63, 3.8) is 0 Å². The lowest BCUT2D eigenvalue weighted by molar-refractivity contribution is 0.415. The van der Waals surface area contributed by atoms with Crippen LogP contribution in [0.2, 0.25) is 5.02 Å². The third-order valence-corrected chi connectivity index (χ3v) is 3.50. The molecule has 0 aliphatic heterocycles. The third kappa shape index (κ3) is 2.79. The summed E-state index contributed by atoms with van der Waals surface area (Å²) in [4.78, 5) is 0. The summed E-state index contributed by atoms with van der Waals surface area (Å²) in [5, 5.41) is 0.720. The van der Waals surface area contributed by atoms with Gasteiger partial charge in [-0.1, -0.05) is 30.5 Å². The van der Waals surface area contributed by atoms with E-state index in [1.54, 1.807) is 7.11 Å². The standard InChI is InChI=1S/C12H14Cl2O/c1-15-12-5-4-9(7-11(12)14)10(13)6-8-2-3-8/h4-5,7-8,10H,2-3,6H2,1H3. The number of alkyl halides is 1. The topological polar surface area (TPSA) is 9.23 Å². The van der Waals surface area contributed by atoms with Crippen molar-refractivity contribution in [1.29, 1.82) is 0 Å². The zero-order valence-corrected chi connectivity index (χ0v) is 10.2. The highest BCUT2D eigenvalue weighted by Crippen LogP contribution is 2.41. The van der Waals surface area contributed by atoms with Gasteiger partial charge in [0, 0.05) is 0 Å². The van der Waals surface area contributed by atoms with E-state index in [4.69, 9.17) is 27.9 Å². The van der Waals surface area contributed by atoms with Crippen LogP contribution in [0.3, 0.4) is 0 Å². The number of hydrogen-bond acceptors (Lipinski definition) is 1. The summed E-state index contributed by atoms with van der Waals surface area (Å²) in [7, 11) is 1.61. The van der Waals surface area contributed by atoms with Crippen molar-refractivity contribution in [2.45, 2.75) is 24.6 Å². The largest absolute Gasteiger partial charge is 0.495 e. The number of halogens is 2. The molecular weight excluding hydrogens is 231 g/mol. The molecule has 0 radical (unpaired) electrons. The van der Waals surface area contributed by atoms with Crippen molar-refractivity contribution >= 4 is 23.2 Å².